The van der Waals surface area contributed by atoms with Gasteiger partial charge in [-0.2, -0.15) is 0 Å². The summed E-state index contributed by atoms with van der Waals surface area (Å²) in [5.74, 6) is 0.169. The summed E-state index contributed by atoms with van der Waals surface area (Å²) >= 11 is 5.84. The minimum atomic E-state index is -3.58. The van der Waals surface area contributed by atoms with Gasteiger partial charge < -0.3 is 4.52 Å². The number of aromatic nitrogens is 1. The van der Waals surface area contributed by atoms with Crippen molar-refractivity contribution in [3.8, 4) is 0 Å². The molecule has 1 aromatic carbocycles. The maximum atomic E-state index is 12.6. The molecule has 0 bridgehead atoms. The van der Waals surface area contributed by atoms with Crippen LogP contribution in [0.2, 0.25) is 5.02 Å². The molecular formula is C15H14ClNO4S. The number of hydrogen-bond donors (Lipinski definition) is 0. The van der Waals surface area contributed by atoms with Crippen LogP contribution >= 0.6 is 11.6 Å². The monoisotopic (exact) mass is 339 g/mol. The first kappa shape index (κ1) is 15.2. The third-order valence-corrected chi connectivity index (χ3v) is 5.30. The van der Waals surface area contributed by atoms with Crippen molar-refractivity contribution in [1.29, 1.82) is 0 Å². The topological polar surface area (TPSA) is 77.2 Å². The molecule has 1 aliphatic rings. The van der Waals surface area contributed by atoms with Crippen molar-refractivity contribution >= 4 is 27.2 Å². The van der Waals surface area contributed by atoms with Crippen LogP contribution in [0, 0.1) is 0 Å². The lowest BCUT2D eigenvalue weighted by Gasteiger charge is -2.06. The largest absolute Gasteiger partial charge is 0.360 e. The van der Waals surface area contributed by atoms with E-state index in [-0.39, 0.29) is 26.6 Å². The lowest BCUT2D eigenvalue weighted by molar-refractivity contribution is 0.102. The van der Waals surface area contributed by atoms with Gasteiger partial charge in [0.25, 0.3) is 0 Å². The number of nitrogens with zero attached hydrogens (tertiary/aromatic N) is 1. The molecule has 0 atom stereocenters. The summed E-state index contributed by atoms with van der Waals surface area (Å²) in [6.45, 7) is 2.03. The summed E-state index contributed by atoms with van der Waals surface area (Å²) in [5, 5.41) is 4.05. The van der Waals surface area contributed by atoms with Gasteiger partial charge in [-0.1, -0.05) is 23.7 Å². The molecule has 22 heavy (non-hydrogen) atoms. The quantitative estimate of drug-likeness (QED) is 0.800. The number of hydrogen-bond acceptors (Lipinski definition) is 5. The molecule has 1 saturated carbocycles. The molecule has 3 rings (SSSR count). The van der Waals surface area contributed by atoms with Crippen LogP contribution in [-0.2, 0) is 15.3 Å². The molecule has 2 aromatic rings. The van der Waals surface area contributed by atoms with Gasteiger partial charge in [-0.15, -0.1) is 0 Å². The molecule has 0 spiro atoms. The van der Waals surface area contributed by atoms with Gasteiger partial charge in [-0.05, 0) is 31.0 Å². The number of benzene rings is 1. The van der Waals surface area contributed by atoms with E-state index in [1.165, 1.54) is 18.2 Å². The van der Waals surface area contributed by atoms with Crippen LogP contribution in [0.5, 0.6) is 0 Å². The zero-order valence-electron chi connectivity index (χ0n) is 12.1. The number of sulfone groups is 1. The Hall–Kier alpha value is -1.66. The molecule has 1 aromatic heterocycles. The lowest BCUT2D eigenvalue weighted by atomic mass is 10.0. The molecule has 0 saturated heterocycles. The first-order valence-corrected chi connectivity index (χ1v) is 8.99. The third-order valence-electron chi connectivity index (χ3n) is 3.93. The Morgan fingerprint density at radius 1 is 1.32 bits per heavy atom. The molecule has 0 amide bonds. The maximum Gasteiger partial charge on any atom is 0.216 e. The van der Waals surface area contributed by atoms with E-state index in [1.807, 2.05) is 6.92 Å². The molecule has 0 aliphatic heterocycles. The van der Waals surface area contributed by atoms with Gasteiger partial charge in [-0.25, -0.2) is 8.42 Å². The predicted octanol–water partition coefficient (Wildman–Crippen LogP) is 3.01. The summed E-state index contributed by atoms with van der Waals surface area (Å²) in [4.78, 5) is 12.5. The molecule has 0 unspecified atom stereocenters. The Kier molecular flexibility index (Phi) is 3.41. The van der Waals surface area contributed by atoms with E-state index >= 15 is 0 Å². The molecular weight excluding hydrogens is 326 g/mol. The fourth-order valence-electron chi connectivity index (χ4n) is 2.23. The number of ketones is 1. The fraction of sp³-hybridized carbons (Fsp3) is 0.333. The van der Waals surface area contributed by atoms with E-state index in [2.05, 4.69) is 5.16 Å². The number of rotatable bonds is 4. The first-order valence-electron chi connectivity index (χ1n) is 6.72. The smallest absolute Gasteiger partial charge is 0.216 e. The lowest BCUT2D eigenvalue weighted by Crippen LogP contribution is -2.09. The van der Waals surface area contributed by atoms with E-state index in [1.54, 1.807) is 6.07 Å². The molecule has 0 radical (unpaired) electrons. The second-order valence-corrected chi connectivity index (χ2v) is 8.30. The third kappa shape index (κ3) is 2.68. The van der Waals surface area contributed by atoms with E-state index in [0.717, 1.165) is 19.1 Å². The van der Waals surface area contributed by atoms with Crippen LogP contribution in [0.15, 0.2) is 33.7 Å². The normalized spacial score (nSPS) is 16.5. The second-order valence-electron chi connectivity index (χ2n) is 5.88. The van der Waals surface area contributed by atoms with Crippen molar-refractivity contribution in [2.45, 2.75) is 30.1 Å². The van der Waals surface area contributed by atoms with Gasteiger partial charge in [0.05, 0.1) is 4.90 Å². The first-order chi connectivity index (χ1) is 10.2. The maximum absolute atomic E-state index is 12.6. The molecule has 7 heteroatoms. The minimum Gasteiger partial charge on any atom is -0.360 e. The van der Waals surface area contributed by atoms with Gasteiger partial charge in [0.1, 0.15) is 5.76 Å². The van der Waals surface area contributed by atoms with E-state index in [0.29, 0.717) is 5.76 Å². The van der Waals surface area contributed by atoms with Crippen molar-refractivity contribution in [1.82, 2.24) is 5.16 Å². The SMILES string of the molecule is CC1(c2cc(C(=O)c3ccc(Cl)cc3S(C)(=O)=O)no2)CC1. The van der Waals surface area contributed by atoms with Crippen LogP contribution in [-0.4, -0.2) is 25.6 Å². The van der Waals surface area contributed by atoms with E-state index in [9.17, 15) is 13.2 Å². The van der Waals surface area contributed by atoms with Gasteiger partial charge in [0, 0.05) is 28.3 Å². The number of carbonyl (C=O) groups excluding carboxylic acids is 1. The van der Waals surface area contributed by atoms with Crippen molar-refractivity contribution in [2.24, 2.45) is 0 Å². The molecule has 0 N–H and O–H groups in total. The van der Waals surface area contributed by atoms with Crippen LogP contribution in [0.4, 0.5) is 0 Å². The van der Waals surface area contributed by atoms with Crippen LogP contribution in [0.3, 0.4) is 0 Å². The molecule has 5 nitrogen and oxygen atoms in total. The van der Waals surface area contributed by atoms with E-state index in [4.69, 9.17) is 16.1 Å². The molecule has 1 heterocycles. The zero-order valence-corrected chi connectivity index (χ0v) is 13.7. The average Bonchev–Trinajstić information content (AvgIpc) is 3.01. The Morgan fingerprint density at radius 2 is 2.00 bits per heavy atom. The highest BCUT2D eigenvalue weighted by Gasteiger charge is 2.43. The predicted molar refractivity (Wildman–Crippen MR) is 81.1 cm³/mol. The van der Waals surface area contributed by atoms with Crippen molar-refractivity contribution in [2.75, 3.05) is 6.26 Å². The Morgan fingerprint density at radius 3 is 2.59 bits per heavy atom. The van der Waals surface area contributed by atoms with Crippen molar-refractivity contribution < 1.29 is 17.7 Å². The molecule has 1 aliphatic carbocycles. The average molecular weight is 340 g/mol. The Bertz CT molecular complexity index is 865. The highest BCUT2D eigenvalue weighted by atomic mass is 35.5. The molecule has 1 fully saturated rings. The van der Waals surface area contributed by atoms with Gasteiger partial charge in [0.15, 0.2) is 15.5 Å². The molecule has 116 valence electrons. The number of halogens is 1. The van der Waals surface area contributed by atoms with E-state index < -0.39 is 15.6 Å². The summed E-state index contributed by atoms with van der Waals surface area (Å²) < 4.78 is 29.0. The Labute approximate surface area is 133 Å². The second kappa shape index (κ2) is 4.93. The summed E-state index contributed by atoms with van der Waals surface area (Å²) in [7, 11) is -3.58. The van der Waals surface area contributed by atoms with Gasteiger partial charge in [-0.3, -0.25) is 4.79 Å². The fourth-order valence-corrected chi connectivity index (χ4v) is 3.37. The van der Waals surface area contributed by atoms with Crippen LogP contribution < -0.4 is 0 Å². The van der Waals surface area contributed by atoms with Crippen LogP contribution in [0.1, 0.15) is 41.6 Å². The van der Waals surface area contributed by atoms with Gasteiger partial charge >= 0.3 is 0 Å². The standard InChI is InChI=1S/C15H14ClNO4S/c1-15(5-6-15)13-8-11(17-21-13)14(18)10-4-3-9(16)7-12(10)22(2,19)20/h3-4,7-8H,5-6H2,1-2H3. The highest BCUT2D eigenvalue weighted by Crippen LogP contribution is 2.47. The highest BCUT2D eigenvalue weighted by molar-refractivity contribution is 7.90. The summed E-state index contributed by atoms with van der Waals surface area (Å²) in [5.41, 5.74) is 0.105. The van der Waals surface area contributed by atoms with Crippen LogP contribution in [0.25, 0.3) is 0 Å². The zero-order chi connectivity index (χ0) is 16.1. The summed E-state index contributed by atoms with van der Waals surface area (Å²) in [6.07, 6.45) is 3.02. The summed E-state index contributed by atoms with van der Waals surface area (Å²) in [6, 6.07) is 5.74. The minimum absolute atomic E-state index is 0.0488. The van der Waals surface area contributed by atoms with Crippen molar-refractivity contribution in [3.05, 3.63) is 46.3 Å². The van der Waals surface area contributed by atoms with Gasteiger partial charge in [0.2, 0.25) is 5.78 Å². The number of carbonyl (C=O) groups is 1. The Balaban J connectivity index is 2.04. The van der Waals surface area contributed by atoms with Crippen molar-refractivity contribution in [3.63, 3.8) is 0 Å².